The van der Waals surface area contributed by atoms with Crippen molar-refractivity contribution in [2.45, 2.75) is 18.8 Å². The molecule has 7 heteroatoms. The highest BCUT2D eigenvalue weighted by molar-refractivity contribution is 5.86. The Balaban J connectivity index is 2.17. The zero-order valence-corrected chi connectivity index (χ0v) is 11.2. The van der Waals surface area contributed by atoms with E-state index in [0.717, 1.165) is 29.2 Å². The van der Waals surface area contributed by atoms with E-state index < -0.39 is 35.0 Å². The van der Waals surface area contributed by atoms with Gasteiger partial charge in [-0.2, -0.15) is 8.78 Å². The number of benzene rings is 1. The fourth-order valence-electron chi connectivity index (χ4n) is 2.38. The first-order valence-electron chi connectivity index (χ1n) is 6.55. The quantitative estimate of drug-likeness (QED) is 0.922. The summed E-state index contributed by atoms with van der Waals surface area (Å²) in [7, 11) is 0. The summed E-state index contributed by atoms with van der Waals surface area (Å²) in [5.74, 6) is -7.01. The van der Waals surface area contributed by atoms with Crippen molar-refractivity contribution < 1.29 is 22.8 Å². The molecule has 1 heterocycles. The molecule has 1 saturated heterocycles. The third-order valence-electron chi connectivity index (χ3n) is 3.59. The molecular formula is C14H15F3N2O2. The van der Waals surface area contributed by atoms with E-state index in [9.17, 15) is 22.8 Å². The fraction of sp³-hybridized carbons (Fsp3) is 0.429. The molecule has 1 aromatic rings. The van der Waals surface area contributed by atoms with Crippen LogP contribution in [0.5, 0.6) is 0 Å². The van der Waals surface area contributed by atoms with Crippen LogP contribution in [0.15, 0.2) is 24.3 Å². The number of halogens is 3. The van der Waals surface area contributed by atoms with Gasteiger partial charge in [-0.05, 0) is 37.1 Å². The summed E-state index contributed by atoms with van der Waals surface area (Å²) in [6.07, 6.45) is 0.931. The zero-order chi connectivity index (χ0) is 15.6. The molecule has 2 N–H and O–H groups in total. The maximum atomic E-state index is 14.2. The second kappa shape index (κ2) is 5.75. The number of likely N-dealkylation sites (tertiary alicyclic amines) is 1. The van der Waals surface area contributed by atoms with Crippen molar-refractivity contribution in [2.75, 3.05) is 13.1 Å². The molecule has 0 saturated carbocycles. The summed E-state index contributed by atoms with van der Waals surface area (Å²) in [6, 6.07) is 3.50. The van der Waals surface area contributed by atoms with E-state index in [0.29, 0.717) is 12.8 Å². The molecule has 4 nitrogen and oxygen atoms in total. The minimum atomic E-state index is -3.76. The summed E-state index contributed by atoms with van der Waals surface area (Å²) in [5, 5.41) is 0. The topological polar surface area (TPSA) is 63.4 Å². The van der Waals surface area contributed by atoms with E-state index >= 15 is 0 Å². The Morgan fingerprint density at radius 1 is 1.24 bits per heavy atom. The first-order valence-corrected chi connectivity index (χ1v) is 6.55. The van der Waals surface area contributed by atoms with Gasteiger partial charge in [0.1, 0.15) is 5.82 Å². The molecule has 114 valence electrons. The summed E-state index contributed by atoms with van der Waals surface area (Å²) in [5.41, 5.74) is 4.59. The van der Waals surface area contributed by atoms with Crippen LogP contribution >= 0.6 is 0 Å². The predicted molar refractivity (Wildman–Crippen MR) is 68.8 cm³/mol. The van der Waals surface area contributed by atoms with Crippen LogP contribution in [0.25, 0.3) is 0 Å². The van der Waals surface area contributed by atoms with Crippen LogP contribution in [-0.4, -0.2) is 29.8 Å². The van der Waals surface area contributed by atoms with Crippen molar-refractivity contribution in [3.05, 3.63) is 35.6 Å². The first-order chi connectivity index (χ1) is 9.82. The average molecular weight is 300 g/mol. The molecule has 1 aliphatic rings. The third-order valence-corrected chi connectivity index (χ3v) is 3.59. The maximum absolute atomic E-state index is 14.2. The van der Waals surface area contributed by atoms with Gasteiger partial charge in [0.25, 0.3) is 5.91 Å². The molecule has 21 heavy (non-hydrogen) atoms. The number of alkyl halides is 2. The lowest BCUT2D eigenvalue weighted by Gasteiger charge is -2.33. The SMILES string of the molecule is NC(=O)C1CCCN(C(=O)C(F)(F)c2ccc(F)cc2)C1. The molecular weight excluding hydrogens is 285 g/mol. The molecule has 1 fully saturated rings. The second-order valence-electron chi connectivity index (χ2n) is 5.07. The second-order valence-corrected chi connectivity index (χ2v) is 5.07. The van der Waals surface area contributed by atoms with E-state index in [-0.39, 0.29) is 13.1 Å². The van der Waals surface area contributed by atoms with Gasteiger partial charge in [0, 0.05) is 18.7 Å². The Kier molecular flexibility index (Phi) is 4.20. The van der Waals surface area contributed by atoms with Crippen LogP contribution in [0, 0.1) is 11.7 Å². The normalized spacial score (nSPS) is 19.4. The lowest BCUT2D eigenvalue weighted by Crippen LogP contribution is -2.49. The minimum absolute atomic E-state index is 0.106. The summed E-state index contributed by atoms with van der Waals surface area (Å²) in [4.78, 5) is 24.1. The molecule has 0 radical (unpaired) electrons. The molecule has 1 atom stereocenters. The number of nitrogens with two attached hydrogens (primary N) is 1. The molecule has 0 bridgehead atoms. The van der Waals surface area contributed by atoms with E-state index in [1.54, 1.807) is 0 Å². The van der Waals surface area contributed by atoms with Gasteiger partial charge in [0.05, 0.1) is 5.92 Å². The maximum Gasteiger partial charge on any atom is 0.349 e. The Morgan fingerprint density at radius 3 is 2.43 bits per heavy atom. The smallest absolute Gasteiger partial charge is 0.349 e. The number of nitrogens with zero attached hydrogens (tertiary/aromatic N) is 1. The highest BCUT2D eigenvalue weighted by Crippen LogP contribution is 2.32. The van der Waals surface area contributed by atoms with Crippen LogP contribution in [0.3, 0.4) is 0 Å². The number of piperidine rings is 1. The standard InChI is InChI=1S/C14H15F3N2O2/c15-11-5-3-10(4-6-11)14(16,17)13(21)19-7-1-2-9(8-19)12(18)20/h3-6,9H,1-2,7-8H2,(H2,18,20). The van der Waals surface area contributed by atoms with E-state index in [2.05, 4.69) is 0 Å². The Hall–Kier alpha value is -2.05. The molecule has 0 aliphatic carbocycles. The predicted octanol–water partition coefficient (Wildman–Crippen LogP) is 1.64. The van der Waals surface area contributed by atoms with Gasteiger partial charge in [-0.1, -0.05) is 0 Å². The zero-order valence-electron chi connectivity index (χ0n) is 11.2. The van der Waals surface area contributed by atoms with Crippen molar-refractivity contribution in [2.24, 2.45) is 11.7 Å². The highest BCUT2D eigenvalue weighted by Gasteiger charge is 2.45. The van der Waals surface area contributed by atoms with E-state index in [1.165, 1.54) is 0 Å². The number of rotatable bonds is 3. The molecule has 1 aromatic carbocycles. The summed E-state index contributed by atoms with van der Waals surface area (Å²) in [6.45, 7) is 0.0460. The van der Waals surface area contributed by atoms with E-state index in [4.69, 9.17) is 5.73 Å². The van der Waals surface area contributed by atoms with Gasteiger partial charge in [-0.25, -0.2) is 4.39 Å². The van der Waals surface area contributed by atoms with Crippen LogP contribution < -0.4 is 5.73 Å². The van der Waals surface area contributed by atoms with Crippen LogP contribution in [0.1, 0.15) is 18.4 Å². The number of primary amides is 1. The number of amides is 2. The third kappa shape index (κ3) is 3.17. The number of hydrogen-bond donors (Lipinski definition) is 1. The molecule has 0 spiro atoms. The van der Waals surface area contributed by atoms with Crippen LogP contribution in [0.4, 0.5) is 13.2 Å². The molecule has 0 aromatic heterocycles. The van der Waals surface area contributed by atoms with Crippen molar-refractivity contribution in [3.8, 4) is 0 Å². The minimum Gasteiger partial charge on any atom is -0.369 e. The Labute approximate surface area is 119 Å². The van der Waals surface area contributed by atoms with Gasteiger partial charge in [-0.15, -0.1) is 0 Å². The molecule has 2 rings (SSSR count). The van der Waals surface area contributed by atoms with Crippen LogP contribution in [0.2, 0.25) is 0 Å². The van der Waals surface area contributed by atoms with Gasteiger partial charge in [-0.3, -0.25) is 9.59 Å². The average Bonchev–Trinajstić information content (AvgIpc) is 2.47. The number of carbonyl (C=O) groups excluding carboxylic acids is 2. The highest BCUT2D eigenvalue weighted by atomic mass is 19.3. The van der Waals surface area contributed by atoms with E-state index in [1.807, 2.05) is 0 Å². The monoisotopic (exact) mass is 300 g/mol. The van der Waals surface area contributed by atoms with Crippen molar-refractivity contribution >= 4 is 11.8 Å². The Morgan fingerprint density at radius 2 is 1.86 bits per heavy atom. The lowest BCUT2D eigenvalue weighted by atomic mass is 9.96. The molecule has 2 amide bonds. The summed E-state index contributed by atoms with van der Waals surface area (Å²) >= 11 is 0. The van der Waals surface area contributed by atoms with Gasteiger partial charge >= 0.3 is 5.92 Å². The van der Waals surface area contributed by atoms with Crippen molar-refractivity contribution in [3.63, 3.8) is 0 Å². The van der Waals surface area contributed by atoms with Crippen molar-refractivity contribution in [1.82, 2.24) is 4.90 Å². The largest absolute Gasteiger partial charge is 0.369 e. The van der Waals surface area contributed by atoms with Gasteiger partial charge in [0.2, 0.25) is 5.91 Å². The van der Waals surface area contributed by atoms with Gasteiger partial charge in [0.15, 0.2) is 0 Å². The fourth-order valence-corrected chi connectivity index (χ4v) is 2.38. The first kappa shape index (κ1) is 15.3. The summed E-state index contributed by atoms with van der Waals surface area (Å²) < 4.78 is 41.1. The number of hydrogen-bond acceptors (Lipinski definition) is 2. The van der Waals surface area contributed by atoms with Gasteiger partial charge < -0.3 is 10.6 Å². The number of carbonyl (C=O) groups is 2. The van der Waals surface area contributed by atoms with Crippen LogP contribution in [-0.2, 0) is 15.5 Å². The lowest BCUT2D eigenvalue weighted by molar-refractivity contribution is -0.161. The van der Waals surface area contributed by atoms with Crippen molar-refractivity contribution in [1.29, 1.82) is 0 Å². The molecule has 1 aliphatic heterocycles. The molecule has 1 unspecified atom stereocenters. The Bertz CT molecular complexity index is 546.